The second-order valence-electron chi connectivity index (χ2n) is 8.90. The molecule has 0 spiro atoms. The molecule has 200 valence electrons. The SMILES string of the molecule is CCCCCCCCCOCC(COCCCCCCCCC)(COP(O)O)COP(O)O. The van der Waals surface area contributed by atoms with E-state index in [4.69, 9.17) is 18.5 Å². The van der Waals surface area contributed by atoms with Crippen molar-refractivity contribution < 1.29 is 38.1 Å². The molecule has 4 N–H and O–H groups in total. The summed E-state index contributed by atoms with van der Waals surface area (Å²) in [4.78, 5) is 36.9. The van der Waals surface area contributed by atoms with Crippen molar-refractivity contribution in [1.82, 2.24) is 0 Å². The van der Waals surface area contributed by atoms with E-state index in [1.807, 2.05) is 0 Å². The first kappa shape index (κ1) is 33.5. The molecule has 0 fully saturated rings. The number of unbranched alkanes of at least 4 members (excludes halogenated alkanes) is 12. The van der Waals surface area contributed by atoms with E-state index in [-0.39, 0.29) is 26.4 Å². The molecule has 33 heavy (non-hydrogen) atoms. The Hall–Kier alpha value is 0.540. The van der Waals surface area contributed by atoms with Crippen LogP contribution >= 0.6 is 17.2 Å². The molecule has 0 amide bonds. The lowest BCUT2D eigenvalue weighted by Gasteiger charge is -2.32. The van der Waals surface area contributed by atoms with Crippen LogP contribution in [0.3, 0.4) is 0 Å². The zero-order chi connectivity index (χ0) is 24.6. The van der Waals surface area contributed by atoms with Crippen LogP contribution in [0, 0.1) is 5.41 Å². The van der Waals surface area contributed by atoms with Gasteiger partial charge in [0.2, 0.25) is 0 Å². The van der Waals surface area contributed by atoms with Gasteiger partial charge in [0.05, 0.1) is 31.8 Å². The molecule has 0 saturated carbocycles. The zero-order valence-electron chi connectivity index (χ0n) is 21.0. The van der Waals surface area contributed by atoms with Crippen molar-refractivity contribution >= 4 is 17.2 Å². The van der Waals surface area contributed by atoms with Gasteiger partial charge in [0.1, 0.15) is 0 Å². The number of hydrogen-bond acceptors (Lipinski definition) is 8. The molecule has 0 aromatic rings. The van der Waals surface area contributed by atoms with Crippen LogP contribution in [0.4, 0.5) is 0 Å². The number of rotatable bonds is 26. The predicted octanol–water partition coefficient (Wildman–Crippen LogP) is 5.96. The Kier molecular flexibility index (Phi) is 24.6. The summed E-state index contributed by atoms with van der Waals surface area (Å²) in [5.74, 6) is 0. The molecule has 0 saturated heterocycles. The molecule has 0 aromatic heterocycles. The fraction of sp³-hybridized carbons (Fsp3) is 1.00. The van der Waals surface area contributed by atoms with Crippen LogP contribution in [0.25, 0.3) is 0 Å². The Labute approximate surface area is 204 Å². The minimum absolute atomic E-state index is 0.0666. The van der Waals surface area contributed by atoms with Crippen molar-refractivity contribution in [3.63, 3.8) is 0 Å². The van der Waals surface area contributed by atoms with E-state index in [1.165, 1.54) is 64.2 Å². The minimum Gasteiger partial charge on any atom is -0.381 e. The maximum Gasteiger partial charge on any atom is 0.327 e. The molecule has 0 radical (unpaired) electrons. The Morgan fingerprint density at radius 3 is 1.15 bits per heavy atom. The molecular weight excluding hydrogens is 466 g/mol. The molecule has 0 unspecified atom stereocenters. The summed E-state index contributed by atoms with van der Waals surface area (Å²) in [5.41, 5.74) is -0.847. The first-order valence-corrected chi connectivity index (χ1v) is 15.1. The van der Waals surface area contributed by atoms with Crippen LogP contribution < -0.4 is 0 Å². The average Bonchev–Trinajstić information content (AvgIpc) is 2.79. The van der Waals surface area contributed by atoms with E-state index in [9.17, 15) is 19.6 Å². The van der Waals surface area contributed by atoms with Gasteiger partial charge in [0.25, 0.3) is 0 Å². The Morgan fingerprint density at radius 2 is 0.818 bits per heavy atom. The third kappa shape index (κ3) is 22.7. The van der Waals surface area contributed by atoms with E-state index in [2.05, 4.69) is 13.8 Å². The Morgan fingerprint density at radius 1 is 0.485 bits per heavy atom. The van der Waals surface area contributed by atoms with Crippen LogP contribution in [0.2, 0.25) is 0 Å². The van der Waals surface area contributed by atoms with Crippen LogP contribution in [0.5, 0.6) is 0 Å². The smallest absolute Gasteiger partial charge is 0.327 e. The van der Waals surface area contributed by atoms with E-state index in [0.717, 1.165) is 25.7 Å². The highest BCUT2D eigenvalue weighted by molar-refractivity contribution is 7.39. The topological polar surface area (TPSA) is 118 Å². The molecule has 8 nitrogen and oxygen atoms in total. The minimum atomic E-state index is -2.54. The highest BCUT2D eigenvalue weighted by atomic mass is 31.2. The van der Waals surface area contributed by atoms with Crippen molar-refractivity contribution in [1.29, 1.82) is 0 Å². The zero-order valence-corrected chi connectivity index (χ0v) is 22.7. The third-order valence-electron chi connectivity index (χ3n) is 5.57. The van der Waals surface area contributed by atoms with Crippen molar-refractivity contribution in [2.24, 2.45) is 5.41 Å². The second kappa shape index (κ2) is 24.2. The lowest BCUT2D eigenvalue weighted by molar-refractivity contribution is -0.0703. The van der Waals surface area contributed by atoms with Gasteiger partial charge in [-0.15, -0.1) is 0 Å². The summed E-state index contributed by atoms with van der Waals surface area (Å²) >= 11 is 0. The van der Waals surface area contributed by atoms with Gasteiger partial charge in [-0.2, -0.15) is 0 Å². The van der Waals surface area contributed by atoms with Gasteiger partial charge in [0, 0.05) is 13.2 Å². The fourth-order valence-electron chi connectivity index (χ4n) is 3.54. The third-order valence-corrected chi connectivity index (χ3v) is 6.29. The lowest BCUT2D eigenvalue weighted by atomic mass is 9.92. The number of ether oxygens (including phenoxy) is 2. The van der Waals surface area contributed by atoms with Crippen LogP contribution in [-0.2, 0) is 18.5 Å². The molecule has 0 aliphatic heterocycles. The van der Waals surface area contributed by atoms with Crippen molar-refractivity contribution in [3.05, 3.63) is 0 Å². The quantitative estimate of drug-likeness (QED) is 0.0821. The molecule has 0 aliphatic carbocycles. The largest absolute Gasteiger partial charge is 0.381 e. The highest BCUT2D eigenvalue weighted by Gasteiger charge is 2.34. The van der Waals surface area contributed by atoms with Crippen LogP contribution in [0.15, 0.2) is 0 Å². The van der Waals surface area contributed by atoms with Gasteiger partial charge in [-0.25, -0.2) is 0 Å². The summed E-state index contributed by atoms with van der Waals surface area (Å²) in [6.45, 7) is 5.87. The monoisotopic (exact) mass is 516 g/mol. The Balaban J connectivity index is 4.46. The molecule has 0 atom stereocenters. The molecule has 0 aliphatic rings. The van der Waals surface area contributed by atoms with Gasteiger partial charge in [-0.05, 0) is 12.8 Å². The van der Waals surface area contributed by atoms with Gasteiger partial charge in [0.15, 0.2) is 0 Å². The van der Waals surface area contributed by atoms with Crippen LogP contribution in [-0.4, -0.2) is 59.2 Å². The summed E-state index contributed by atoms with van der Waals surface area (Å²) in [6.07, 6.45) is 16.6. The van der Waals surface area contributed by atoms with Gasteiger partial charge < -0.3 is 38.1 Å². The van der Waals surface area contributed by atoms with Crippen LogP contribution in [0.1, 0.15) is 104 Å². The normalized spacial score (nSPS) is 12.4. The number of hydrogen-bond donors (Lipinski definition) is 4. The van der Waals surface area contributed by atoms with E-state index in [0.29, 0.717) is 13.2 Å². The summed E-state index contributed by atoms with van der Waals surface area (Å²) < 4.78 is 21.9. The van der Waals surface area contributed by atoms with Crippen molar-refractivity contribution in [3.8, 4) is 0 Å². The maximum absolute atomic E-state index is 9.23. The van der Waals surface area contributed by atoms with E-state index >= 15 is 0 Å². The first-order chi connectivity index (χ1) is 16.0. The Bertz CT molecular complexity index is 367. The van der Waals surface area contributed by atoms with Gasteiger partial charge >= 0.3 is 17.2 Å². The van der Waals surface area contributed by atoms with Gasteiger partial charge in [-0.1, -0.05) is 90.9 Å². The van der Waals surface area contributed by atoms with Gasteiger partial charge in [-0.3, -0.25) is 0 Å². The maximum atomic E-state index is 9.23. The molecular formula is C23H50O8P2. The van der Waals surface area contributed by atoms with Crippen molar-refractivity contribution in [2.75, 3.05) is 39.6 Å². The predicted molar refractivity (Wildman–Crippen MR) is 135 cm³/mol. The highest BCUT2D eigenvalue weighted by Crippen LogP contribution is 2.34. The lowest BCUT2D eigenvalue weighted by Crippen LogP contribution is -2.41. The van der Waals surface area contributed by atoms with E-state index < -0.39 is 22.6 Å². The summed E-state index contributed by atoms with van der Waals surface area (Å²) in [7, 11) is -5.08. The second-order valence-corrected chi connectivity index (χ2v) is 10.4. The molecule has 0 heterocycles. The molecule has 0 aromatic carbocycles. The van der Waals surface area contributed by atoms with Crippen molar-refractivity contribution in [2.45, 2.75) is 104 Å². The summed E-state index contributed by atoms with van der Waals surface area (Å²) in [6, 6.07) is 0. The van der Waals surface area contributed by atoms with E-state index in [1.54, 1.807) is 0 Å². The molecule has 10 heteroatoms. The first-order valence-electron chi connectivity index (χ1n) is 12.7. The molecule has 0 rings (SSSR count). The summed E-state index contributed by atoms with van der Waals surface area (Å²) in [5, 5.41) is 0. The average molecular weight is 517 g/mol. The standard InChI is InChI=1S/C23H50O8P2/c1-3-5-7-9-11-13-15-17-28-19-23(21-30-32(24)25,22-31-33(26)27)20-29-18-16-14-12-10-8-6-4-2/h24-27H,3-22H2,1-2H3. The molecule has 0 bridgehead atoms. The fourth-order valence-corrected chi connectivity index (χ4v) is 4.32.